The van der Waals surface area contributed by atoms with E-state index in [0.29, 0.717) is 20.4 Å². The third kappa shape index (κ3) is 5.03. The lowest BCUT2D eigenvalue weighted by Crippen LogP contribution is -2.09. The minimum absolute atomic E-state index is 0.0107. The van der Waals surface area contributed by atoms with Gasteiger partial charge >= 0.3 is 0 Å². The van der Waals surface area contributed by atoms with E-state index < -0.39 is 9.05 Å². The number of ether oxygens (including phenoxy) is 2. The predicted octanol–water partition coefficient (Wildman–Crippen LogP) is 3.17. The summed E-state index contributed by atoms with van der Waals surface area (Å²) in [4.78, 5) is 0. The molecule has 0 N–H and O–H groups in total. The highest BCUT2D eigenvalue weighted by Crippen LogP contribution is 2.35. The van der Waals surface area contributed by atoms with E-state index in [9.17, 15) is 8.42 Å². The number of methoxy groups -OCH3 is 1. The van der Waals surface area contributed by atoms with Crippen LogP contribution in [0.2, 0.25) is 0 Å². The van der Waals surface area contributed by atoms with Gasteiger partial charge in [0.05, 0.1) is 21.8 Å². The molecule has 96 valence electrons. The Morgan fingerprint density at radius 1 is 1.24 bits per heavy atom. The lowest BCUT2D eigenvalue weighted by atomic mass is 10.3. The quantitative estimate of drug-likeness (QED) is 0.703. The number of hydrogen-bond acceptors (Lipinski definition) is 4. The molecule has 4 nitrogen and oxygen atoms in total. The molecule has 0 aliphatic carbocycles. The summed E-state index contributed by atoms with van der Waals surface area (Å²) in [5.41, 5.74) is 0. The van der Waals surface area contributed by atoms with Crippen LogP contribution in [0.1, 0.15) is 0 Å². The van der Waals surface area contributed by atoms with Crippen LogP contribution in [0.4, 0.5) is 0 Å². The zero-order chi connectivity index (χ0) is 13.1. The van der Waals surface area contributed by atoms with Crippen LogP contribution >= 0.6 is 42.5 Å². The molecule has 0 aromatic heterocycles. The van der Waals surface area contributed by atoms with Crippen LogP contribution in [0, 0.1) is 0 Å². The Hall–Kier alpha value is 0.0200. The van der Waals surface area contributed by atoms with E-state index in [-0.39, 0.29) is 12.4 Å². The molecule has 0 spiro atoms. The van der Waals surface area contributed by atoms with Crippen LogP contribution < -0.4 is 9.47 Å². The van der Waals surface area contributed by atoms with Gasteiger partial charge < -0.3 is 9.47 Å². The molecule has 0 bridgehead atoms. The Kier molecular flexibility index (Phi) is 5.56. The molecule has 1 rings (SSSR count). The summed E-state index contributed by atoms with van der Waals surface area (Å²) in [6.07, 6.45) is 0. The van der Waals surface area contributed by atoms with E-state index in [0.717, 1.165) is 0 Å². The van der Waals surface area contributed by atoms with Gasteiger partial charge in [-0.25, -0.2) is 8.42 Å². The van der Waals surface area contributed by atoms with Gasteiger partial charge in [0.1, 0.15) is 18.1 Å². The van der Waals surface area contributed by atoms with Crippen LogP contribution in [-0.2, 0) is 9.05 Å². The summed E-state index contributed by atoms with van der Waals surface area (Å²) in [5, 5.41) is 0. The first kappa shape index (κ1) is 15.1. The van der Waals surface area contributed by atoms with Crippen LogP contribution in [-0.4, -0.2) is 27.9 Å². The van der Waals surface area contributed by atoms with Crippen molar-refractivity contribution in [1.29, 1.82) is 0 Å². The normalized spacial score (nSPS) is 11.3. The van der Waals surface area contributed by atoms with Crippen molar-refractivity contribution in [2.24, 2.45) is 0 Å². The molecule has 1 aromatic carbocycles. The molecule has 0 amide bonds. The van der Waals surface area contributed by atoms with E-state index in [1.54, 1.807) is 19.2 Å². The summed E-state index contributed by atoms with van der Waals surface area (Å²) < 4.78 is 33.2. The first-order valence-corrected chi connectivity index (χ1v) is 8.48. The monoisotopic (exact) mass is 406 g/mol. The Balaban J connectivity index is 2.75. The number of benzene rings is 1. The van der Waals surface area contributed by atoms with Gasteiger partial charge in [0.15, 0.2) is 0 Å². The smallest absolute Gasteiger partial charge is 0.235 e. The molecule has 0 saturated carbocycles. The highest BCUT2D eigenvalue weighted by Gasteiger charge is 2.10. The fraction of sp³-hybridized carbons (Fsp3) is 0.333. The molecule has 0 aliphatic heterocycles. The summed E-state index contributed by atoms with van der Waals surface area (Å²) in [7, 11) is 3.08. The Bertz CT molecular complexity index is 504. The molecule has 0 atom stereocenters. The summed E-state index contributed by atoms with van der Waals surface area (Å²) >= 11 is 6.60. The first-order valence-electron chi connectivity index (χ1n) is 4.41. The molecule has 8 heteroatoms. The van der Waals surface area contributed by atoms with Crippen molar-refractivity contribution >= 4 is 51.6 Å². The summed E-state index contributed by atoms with van der Waals surface area (Å²) in [6.45, 7) is -0.0107. The van der Waals surface area contributed by atoms with Crippen molar-refractivity contribution < 1.29 is 17.9 Å². The Labute approximate surface area is 121 Å². The molecule has 0 fully saturated rings. The molecule has 0 aliphatic rings. The number of hydrogen-bond donors (Lipinski definition) is 0. The van der Waals surface area contributed by atoms with Gasteiger partial charge in [0, 0.05) is 10.7 Å². The van der Waals surface area contributed by atoms with Gasteiger partial charge in [-0.05, 0) is 44.0 Å². The topological polar surface area (TPSA) is 52.6 Å². The second kappa shape index (κ2) is 6.26. The van der Waals surface area contributed by atoms with E-state index >= 15 is 0 Å². The zero-order valence-corrected chi connectivity index (χ0v) is 13.5. The summed E-state index contributed by atoms with van der Waals surface area (Å²) in [5.74, 6) is 0.914. The third-order valence-electron chi connectivity index (χ3n) is 1.79. The molecular formula is C9H9Br2ClO4S. The van der Waals surface area contributed by atoms with Gasteiger partial charge in [-0.1, -0.05) is 0 Å². The molecule has 17 heavy (non-hydrogen) atoms. The zero-order valence-electron chi connectivity index (χ0n) is 8.74. The molecule has 0 unspecified atom stereocenters. The molecule has 0 heterocycles. The summed E-state index contributed by atoms with van der Waals surface area (Å²) in [6, 6.07) is 3.40. The van der Waals surface area contributed by atoms with Gasteiger partial charge in [0.2, 0.25) is 9.05 Å². The molecular weight excluding hydrogens is 399 g/mol. The highest BCUT2D eigenvalue weighted by molar-refractivity contribution is 9.11. The Morgan fingerprint density at radius 3 is 2.29 bits per heavy atom. The van der Waals surface area contributed by atoms with Crippen molar-refractivity contribution in [3.05, 3.63) is 21.1 Å². The van der Waals surface area contributed by atoms with Crippen molar-refractivity contribution in [3.63, 3.8) is 0 Å². The van der Waals surface area contributed by atoms with E-state index in [4.69, 9.17) is 20.2 Å². The van der Waals surface area contributed by atoms with Crippen LogP contribution in [0.25, 0.3) is 0 Å². The number of rotatable bonds is 5. The number of halogens is 3. The van der Waals surface area contributed by atoms with Gasteiger partial charge in [-0.15, -0.1) is 0 Å². The van der Waals surface area contributed by atoms with Crippen molar-refractivity contribution in [1.82, 2.24) is 0 Å². The van der Waals surface area contributed by atoms with Gasteiger partial charge in [-0.2, -0.15) is 0 Å². The third-order valence-corrected chi connectivity index (χ3v) is 4.15. The van der Waals surface area contributed by atoms with E-state index in [1.807, 2.05) is 0 Å². The van der Waals surface area contributed by atoms with Gasteiger partial charge in [0.25, 0.3) is 0 Å². The maximum Gasteiger partial charge on any atom is 0.235 e. The largest absolute Gasteiger partial charge is 0.496 e. The van der Waals surface area contributed by atoms with E-state index in [2.05, 4.69) is 31.9 Å². The fourth-order valence-electron chi connectivity index (χ4n) is 1.03. The second-order valence-corrected chi connectivity index (χ2v) is 7.61. The lowest BCUT2D eigenvalue weighted by Gasteiger charge is -2.10. The van der Waals surface area contributed by atoms with Gasteiger partial charge in [-0.3, -0.25) is 0 Å². The standard InChI is InChI=1S/C9H9Br2ClO4S/c1-15-8-4-7(11)9(5-6(8)10)16-2-3-17(12,13)14/h4-5H,2-3H2,1H3. The average Bonchev–Trinajstić information content (AvgIpc) is 2.20. The minimum atomic E-state index is -3.53. The Morgan fingerprint density at radius 2 is 1.76 bits per heavy atom. The maximum absolute atomic E-state index is 10.7. The van der Waals surface area contributed by atoms with Crippen molar-refractivity contribution in [3.8, 4) is 11.5 Å². The second-order valence-electron chi connectivity index (χ2n) is 3.01. The van der Waals surface area contributed by atoms with Crippen LogP contribution in [0.15, 0.2) is 21.1 Å². The highest BCUT2D eigenvalue weighted by atomic mass is 79.9. The lowest BCUT2D eigenvalue weighted by molar-refractivity contribution is 0.337. The molecule has 0 saturated heterocycles. The maximum atomic E-state index is 10.7. The van der Waals surface area contributed by atoms with Crippen molar-refractivity contribution in [2.45, 2.75) is 0 Å². The molecule has 1 aromatic rings. The van der Waals surface area contributed by atoms with Crippen LogP contribution in [0.5, 0.6) is 11.5 Å². The average molecular weight is 408 g/mol. The van der Waals surface area contributed by atoms with Crippen molar-refractivity contribution in [2.75, 3.05) is 19.5 Å². The minimum Gasteiger partial charge on any atom is -0.496 e. The van der Waals surface area contributed by atoms with Crippen LogP contribution in [0.3, 0.4) is 0 Å². The fourth-order valence-corrected chi connectivity index (χ4v) is 2.42. The van der Waals surface area contributed by atoms with E-state index in [1.165, 1.54) is 0 Å². The first-order chi connectivity index (χ1) is 7.83. The SMILES string of the molecule is COc1cc(Br)c(OCCS(=O)(=O)Cl)cc1Br. The molecule has 0 radical (unpaired) electrons. The predicted molar refractivity (Wildman–Crippen MR) is 73.5 cm³/mol.